The molecule has 0 aliphatic heterocycles. The van der Waals surface area contributed by atoms with E-state index in [9.17, 15) is 9.18 Å². The van der Waals surface area contributed by atoms with E-state index in [0.29, 0.717) is 52.7 Å². The summed E-state index contributed by atoms with van der Waals surface area (Å²) in [6.07, 6.45) is 4.86. The molecule has 5 heterocycles. The lowest BCUT2D eigenvalue weighted by Gasteiger charge is -2.15. The largest absolute Gasteiger partial charge is 0.490 e. The number of aryl methyl sites for hydroxylation is 1. The zero-order chi connectivity index (χ0) is 23.8. The molecule has 5 aromatic heterocycles. The molecule has 0 aliphatic rings. The second-order valence-electron chi connectivity index (χ2n) is 7.81. The maximum atomic E-state index is 14.8. The Kier molecular flexibility index (Phi) is 5.54. The zero-order valence-electron chi connectivity index (χ0n) is 18.7. The summed E-state index contributed by atoms with van der Waals surface area (Å²) in [6.45, 7) is 4.33. The quantitative estimate of drug-likeness (QED) is 0.338. The molecule has 10 nitrogen and oxygen atoms in total. The van der Waals surface area contributed by atoms with Crippen molar-refractivity contribution in [3.63, 3.8) is 0 Å². The van der Waals surface area contributed by atoms with Crippen molar-refractivity contribution in [2.75, 3.05) is 20.3 Å². The van der Waals surface area contributed by atoms with Crippen molar-refractivity contribution in [2.24, 2.45) is 0 Å². The molecule has 0 radical (unpaired) electrons. The summed E-state index contributed by atoms with van der Waals surface area (Å²) in [7, 11) is 1.58. The van der Waals surface area contributed by atoms with E-state index < -0.39 is 11.9 Å². The number of hydrogen-bond acceptors (Lipinski definition) is 8. The smallest absolute Gasteiger partial charge is 0.260 e. The molecule has 11 heteroatoms. The Labute approximate surface area is 192 Å². The fourth-order valence-electron chi connectivity index (χ4n) is 3.76. The molecule has 0 bridgehead atoms. The highest BCUT2D eigenvalue weighted by molar-refractivity contribution is 5.78. The number of halogens is 1. The monoisotopic (exact) mass is 464 g/mol. The van der Waals surface area contributed by atoms with E-state index in [0.717, 1.165) is 0 Å². The van der Waals surface area contributed by atoms with Gasteiger partial charge in [0.1, 0.15) is 12.4 Å². The summed E-state index contributed by atoms with van der Waals surface area (Å²) in [5.41, 5.74) is 1.45. The third kappa shape index (κ3) is 3.79. The van der Waals surface area contributed by atoms with Crippen LogP contribution in [0.15, 0.2) is 52.2 Å². The molecule has 0 fully saturated rings. The zero-order valence-corrected chi connectivity index (χ0v) is 18.7. The van der Waals surface area contributed by atoms with Gasteiger partial charge in [-0.05, 0) is 32.0 Å². The molecule has 0 unspecified atom stereocenters. The summed E-state index contributed by atoms with van der Waals surface area (Å²) in [5.74, 6) is 0.703. The lowest BCUT2D eigenvalue weighted by atomic mass is 10.2. The van der Waals surface area contributed by atoms with Gasteiger partial charge in [0.05, 0.1) is 35.4 Å². The first-order valence-corrected chi connectivity index (χ1v) is 10.6. The standard InChI is InChI=1S/C23H21FN6O4/c1-13-8-20(34-28-13)15-9-18(24)22-27-26-21(30(22)12-15)14(2)29-5-4-19-17(23(29)31)10-16(11-25-19)33-7-6-32-3/h4-5,8-12,14H,6-7H2,1-3H3/t14-/m0/s1. The second-order valence-corrected chi connectivity index (χ2v) is 7.81. The number of pyridine rings is 3. The Balaban J connectivity index is 1.57. The SMILES string of the molecule is COCCOc1cnc2ccn([C@@H](C)c3nnc4c(F)cc(-c5cc(C)no5)cn34)c(=O)c2c1. The summed E-state index contributed by atoms with van der Waals surface area (Å²) < 4.78 is 33.7. The van der Waals surface area contributed by atoms with E-state index in [1.807, 2.05) is 0 Å². The van der Waals surface area contributed by atoms with Crippen LogP contribution in [0.5, 0.6) is 5.75 Å². The van der Waals surface area contributed by atoms with E-state index in [-0.39, 0.29) is 11.2 Å². The minimum Gasteiger partial charge on any atom is -0.490 e. The van der Waals surface area contributed by atoms with Crippen molar-refractivity contribution in [2.45, 2.75) is 19.9 Å². The molecule has 0 N–H and O–H groups in total. The molecule has 34 heavy (non-hydrogen) atoms. The molecular weight excluding hydrogens is 443 g/mol. The summed E-state index contributed by atoms with van der Waals surface area (Å²) in [6, 6.07) is 5.85. The first kappa shape index (κ1) is 21.7. The van der Waals surface area contributed by atoms with Crippen LogP contribution >= 0.6 is 0 Å². The number of aromatic nitrogens is 6. The van der Waals surface area contributed by atoms with Crippen LogP contribution in [0.1, 0.15) is 24.5 Å². The molecular formula is C23H21FN6O4. The molecule has 5 aromatic rings. The number of rotatable bonds is 7. The number of hydrogen-bond donors (Lipinski definition) is 0. The second kappa shape index (κ2) is 8.67. The van der Waals surface area contributed by atoms with E-state index in [2.05, 4.69) is 20.3 Å². The highest BCUT2D eigenvalue weighted by Crippen LogP contribution is 2.25. The van der Waals surface area contributed by atoms with Gasteiger partial charge in [-0.3, -0.25) is 14.2 Å². The average molecular weight is 464 g/mol. The minimum atomic E-state index is -0.564. The molecule has 0 aromatic carbocycles. The van der Waals surface area contributed by atoms with Gasteiger partial charge in [-0.1, -0.05) is 5.16 Å². The molecule has 0 saturated heterocycles. The predicted molar refractivity (Wildman–Crippen MR) is 120 cm³/mol. The van der Waals surface area contributed by atoms with Gasteiger partial charge in [0, 0.05) is 31.1 Å². The Morgan fingerprint density at radius 3 is 2.82 bits per heavy atom. The third-order valence-electron chi connectivity index (χ3n) is 5.50. The van der Waals surface area contributed by atoms with Crippen molar-refractivity contribution in [3.05, 3.63) is 70.5 Å². The predicted octanol–water partition coefficient (Wildman–Crippen LogP) is 3.18. The van der Waals surface area contributed by atoms with Gasteiger partial charge in [0.15, 0.2) is 23.0 Å². The first-order valence-electron chi connectivity index (χ1n) is 10.6. The number of ether oxygens (including phenoxy) is 2. The van der Waals surface area contributed by atoms with Crippen LogP contribution in [-0.2, 0) is 4.74 Å². The van der Waals surface area contributed by atoms with Crippen LogP contribution in [0.4, 0.5) is 4.39 Å². The Hall–Kier alpha value is -4.12. The Morgan fingerprint density at radius 1 is 1.21 bits per heavy atom. The molecule has 174 valence electrons. The summed E-state index contributed by atoms with van der Waals surface area (Å²) in [4.78, 5) is 17.6. The third-order valence-corrected chi connectivity index (χ3v) is 5.50. The van der Waals surface area contributed by atoms with Crippen LogP contribution < -0.4 is 10.3 Å². The molecule has 0 amide bonds. The minimum absolute atomic E-state index is 0.0474. The van der Waals surface area contributed by atoms with Gasteiger partial charge >= 0.3 is 0 Å². The first-order chi connectivity index (χ1) is 16.5. The van der Waals surface area contributed by atoms with Crippen molar-refractivity contribution in [1.29, 1.82) is 0 Å². The van der Waals surface area contributed by atoms with Crippen molar-refractivity contribution in [3.8, 4) is 17.1 Å². The topological polar surface area (TPSA) is 110 Å². The van der Waals surface area contributed by atoms with Gasteiger partial charge in [-0.2, -0.15) is 0 Å². The van der Waals surface area contributed by atoms with Gasteiger partial charge in [-0.15, -0.1) is 10.2 Å². The Bertz CT molecular complexity index is 1560. The van der Waals surface area contributed by atoms with Crippen molar-refractivity contribution >= 4 is 16.6 Å². The lowest BCUT2D eigenvalue weighted by Crippen LogP contribution is -2.25. The maximum absolute atomic E-state index is 14.8. The van der Waals surface area contributed by atoms with Gasteiger partial charge in [-0.25, -0.2) is 4.39 Å². The maximum Gasteiger partial charge on any atom is 0.260 e. The fraction of sp³-hybridized carbons (Fsp3) is 0.261. The van der Waals surface area contributed by atoms with E-state index in [4.69, 9.17) is 14.0 Å². The van der Waals surface area contributed by atoms with Crippen LogP contribution in [0.2, 0.25) is 0 Å². The van der Waals surface area contributed by atoms with Crippen LogP contribution in [0.25, 0.3) is 27.9 Å². The van der Waals surface area contributed by atoms with E-state index in [1.54, 1.807) is 57.7 Å². The summed E-state index contributed by atoms with van der Waals surface area (Å²) >= 11 is 0. The molecule has 0 aliphatic carbocycles. The highest BCUT2D eigenvalue weighted by Gasteiger charge is 2.21. The molecule has 0 spiro atoms. The van der Waals surface area contributed by atoms with Crippen molar-refractivity contribution in [1.82, 2.24) is 29.3 Å². The normalized spacial score (nSPS) is 12.5. The van der Waals surface area contributed by atoms with Crippen LogP contribution in [0, 0.1) is 12.7 Å². The van der Waals surface area contributed by atoms with Gasteiger partial charge < -0.3 is 18.6 Å². The Morgan fingerprint density at radius 2 is 2.06 bits per heavy atom. The number of fused-ring (bicyclic) bond motifs is 2. The molecule has 5 rings (SSSR count). The number of methoxy groups -OCH3 is 1. The summed E-state index contributed by atoms with van der Waals surface area (Å²) in [5, 5.41) is 12.4. The van der Waals surface area contributed by atoms with E-state index in [1.165, 1.54) is 15.0 Å². The highest BCUT2D eigenvalue weighted by atomic mass is 19.1. The van der Waals surface area contributed by atoms with Crippen LogP contribution in [-0.4, -0.2) is 49.6 Å². The van der Waals surface area contributed by atoms with Crippen molar-refractivity contribution < 1.29 is 18.4 Å². The fourth-order valence-corrected chi connectivity index (χ4v) is 3.76. The van der Waals surface area contributed by atoms with E-state index >= 15 is 0 Å². The molecule has 0 saturated carbocycles. The molecule has 1 atom stereocenters. The number of nitrogens with zero attached hydrogens (tertiary/aromatic N) is 6. The average Bonchev–Trinajstić information content (AvgIpc) is 3.46. The van der Waals surface area contributed by atoms with Gasteiger partial charge in [0.2, 0.25) is 0 Å². The lowest BCUT2D eigenvalue weighted by molar-refractivity contribution is 0.146. The van der Waals surface area contributed by atoms with Crippen LogP contribution in [0.3, 0.4) is 0 Å². The van der Waals surface area contributed by atoms with Gasteiger partial charge in [0.25, 0.3) is 5.56 Å².